The third-order valence-electron chi connectivity index (χ3n) is 1.36. The van der Waals surface area contributed by atoms with Crippen molar-refractivity contribution in [3.63, 3.8) is 0 Å². The molecule has 4 heteroatoms. The van der Waals surface area contributed by atoms with E-state index in [0.29, 0.717) is 11.8 Å². The van der Waals surface area contributed by atoms with Crippen molar-refractivity contribution in [2.75, 3.05) is 0 Å². The molecule has 1 aromatic carbocycles. The van der Waals surface area contributed by atoms with E-state index < -0.39 is 5.97 Å². The maximum absolute atomic E-state index is 10.4. The van der Waals surface area contributed by atoms with Gasteiger partial charge in [0.05, 0.1) is 10.6 Å². The van der Waals surface area contributed by atoms with Gasteiger partial charge in [0.2, 0.25) is 0 Å². The van der Waals surface area contributed by atoms with Gasteiger partial charge in [0, 0.05) is 5.56 Å². The van der Waals surface area contributed by atoms with Crippen LogP contribution in [0.1, 0.15) is 20.7 Å². The van der Waals surface area contributed by atoms with E-state index in [9.17, 15) is 9.59 Å². The lowest BCUT2D eigenvalue weighted by atomic mass is 10.1. The van der Waals surface area contributed by atoms with Gasteiger partial charge in [0.15, 0.2) is 0 Å². The topological polar surface area (TPSA) is 54.4 Å². The van der Waals surface area contributed by atoms with Crippen molar-refractivity contribution in [1.29, 1.82) is 0 Å². The molecule has 1 N–H and O–H groups in total. The standard InChI is InChI=1S/C8H5ClO3/c9-7-3-5(4-10)1-2-6(7)8(11)12/h1-4H,(H,11,12). The molecule has 3 nitrogen and oxygen atoms in total. The maximum Gasteiger partial charge on any atom is 0.337 e. The molecule has 1 rings (SSSR count). The van der Waals surface area contributed by atoms with Crippen molar-refractivity contribution >= 4 is 23.9 Å². The van der Waals surface area contributed by atoms with Crippen molar-refractivity contribution < 1.29 is 14.7 Å². The summed E-state index contributed by atoms with van der Waals surface area (Å²) in [6.07, 6.45) is 0.609. The zero-order valence-electron chi connectivity index (χ0n) is 5.95. The lowest BCUT2D eigenvalue weighted by Crippen LogP contribution is -1.97. The Labute approximate surface area is 73.6 Å². The number of benzene rings is 1. The summed E-state index contributed by atoms with van der Waals surface area (Å²) in [7, 11) is 0. The highest BCUT2D eigenvalue weighted by atomic mass is 35.5. The van der Waals surface area contributed by atoms with Crippen LogP contribution in [0.15, 0.2) is 18.2 Å². The highest BCUT2D eigenvalue weighted by Crippen LogP contribution is 2.16. The van der Waals surface area contributed by atoms with Crippen LogP contribution < -0.4 is 0 Å². The second kappa shape index (κ2) is 3.36. The monoisotopic (exact) mass is 184 g/mol. The van der Waals surface area contributed by atoms with Crippen LogP contribution in [-0.2, 0) is 0 Å². The SMILES string of the molecule is O=Cc1ccc(C(=O)O)c(Cl)c1. The Bertz CT molecular complexity index is 333. The van der Waals surface area contributed by atoms with Crippen LogP contribution in [0.4, 0.5) is 0 Å². The highest BCUT2D eigenvalue weighted by molar-refractivity contribution is 6.33. The van der Waals surface area contributed by atoms with Crippen molar-refractivity contribution in [2.24, 2.45) is 0 Å². The Morgan fingerprint density at radius 3 is 2.58 bits per heavy atom. The van der Waals surface area contributed by atoms with Crippen molar-refractivity contribution in [3.05, 3.63) is 34.3 Å². The quantitative estimate of drug-likeness (QED) is 0.714. The van der Waals surface area contributed by atoms with E-state index in [2.05, 4.69) is 0 Å². The normalized spacial score (nSPS) is 9.42. The number of hydrogen-bond acceptors (Lipinski definition) is 2. The van der Waals surface area contributed by atoms with Crippen LogP contribution in [0.5, 0.6) is 0 Å². The summed E-state index contributed by atoms with van der Waals surface area (Å²) < 4.78 is 0. The second-order valence-corrected chi connectivity index (χ2v) is 2.57. The minimum Gasteiger partial charge on any atom is -0.478 e. The van der Waals surface area contributed by atoms with Crippen molar-refractivity contribution in [3.8, 4) is 0 Å². The first-order valence-corrected chi connectivity index (χ1v) is 3.51. The molecule has 0 radical (unpaired) electrons. The third kappa shape index (κ3) is 1.62. The summed E-state index contributed by atoms with van der Waals surface area (Å²) in [5.74, 6) is -1.10. The summed E-state index contributed by atoms with van der Waals surface area (Å²) in [5, 5.41) is 8.63. The van der Waals surface area contributed by atoms with Gasteiger partial charge in [-0.3, -0.25) is 4.79 Å². The highest BCUT2D eigenvalue weighted by Gasteiger charge is 2.07. The molecule has 0 saturated heterocycles. The predicted octanol–water partition coefficient (Wildman–Crippen LogP) is 1.85. The molecule has 0 atom stereocenters. The summed E-state index contributed by atoms with van der Waals surface area (Å²) in [6.45, 7) is 0. The molecule has 0 bridgehead atoms. The molecule has 0 aromatic heterocycles. The molecule has 1 aromatic rings. The number of hydrogen-bond donors (Lipinski definition) is 1. The third-order valence-corrected chi connectivity index (χ3v) is 1.67. The van der Waals surface area contributed by atoms with Gasteiger partial charge in [-0.15, -0.1) is 0 Å². The smallest absolute Gasteiger partial charge is 0.337 e. The number of aromatic carboxylic acids is 1. The number of rotatable bonds is 2. The summed E-state index contributed by atoms with van der Waals surface area (Å²) >= 11 is 5.56. The Morgan fingerprint density at radius 2 is 2.17 bits per heavy atom. The largest absolute Gasteiger partial charge is 0.478 e. The molecule has 0 unspecified atom stereocenters. The molecule has 12 heavy (non-hydrogen) atoms. The van der Waals surface area contributed by atoms with Crippen LogP contribution in [0, 0.1) is 0 Å². The Hall–Kier alpha value is -1.35. The second-order valence-electron chi connectivity index (χ2n) is 2.16. The zero-order chi connectivity index (χ0) is 9.14. The van der Waals surface area contributed by atoms with Gasteiger partial charge in [-0.1, -0.05) is 17.7 Å². The average molecular weight is 185 g/mol. The number of carbonyl (C=O) groups excluding carboxylic acids is 1. The van der Waals surface area contributed by atoms with Crippen LogP contribution in [0.2, 0.25) is 5.02 Å². The van der Waals surface area contributed by atoms with Gasteiger partial charge in [-0.25, -0.2) is 4.79 Å². The number of aldehydes is 1. The first-order chi connectivity index (χ1) is 5.65. The van der Waals surface area contributed by atoms with Crippen LogP contribution in [0.25, 0.3) is 0 Å². The fourth-order valence-corrected chi connectivity index (χ4v) is 1.05. The lowest BCUT2D eigenvalue weighted by Gasteiger charge is -1.97. The Kier molecular flexibility index (Phi) is 2.45. The molecule has 0 spiro atoms. The molecule has 0 amide bonds. The molecule has 0 heterocycles. The molecular formula is C8H5ClO3. The van der Waals surface area contributed by atoms with Crippen molar-refractivity contribution in [1.82, 2.24) is 0 Å². The van der Waals surface area contributed by atoms with Gasteiger partial charge < -0.3 is 5.11 Å². The fourth-order valence-electron chi connectivity index (χ4n) is 0.778. The molecule has 0 saturated carbocycles. The van der Waals surface area contributed by atoms with E-state index in [-0.39, 0.29) is 10.6 Å². The van der Waals surface area contributed by atoms with Crippen LogP contribution in [-0.4, -0.2) is 17.4 Å². The minimum atomic E-state index is -1.10. The van der Waals surface area contributed by atoms with Gasteiger partial charge in [0.25, 0.3) is 0 Å². The predicted molar refractivity (Wildman–Crippen MR) is 43.8 cm³/mol. The Morgan fingerprint density at radius 1 is 1.50 bits per heavy atom. The molecule has 0 aliphatic rings. The number of carboxylic acid groups (broad SMARTS) is 1. The van der Waals surface area contributed by atoms with E-state index in [1.165, 1.54) is 18.2 Å². The first-order valence-electron chi connectivity index (χ1n) is 3.13. The number of carboxylic acids is 1. The van der Waals surface area contributed by atoms with Gasteiger partial charge in [0.1, 0.15) is 6.29 Å². The molecule has 62 valence electrons. The molecule has 0 aliphatic carbocycles. The van der Waals surface area contributed by atoms with E-state index in [1.807, 2.05) is 0 Å². The summed E-state index contributed by atoms with van der Waals surface area (Å²) in [6, 6.07) is 4.02. The van der Waals surface area contributed by atoms with Crippen LogP contribution >= 0.6 is 11.6 Å². The van der Waals surface area contributed by atoms with Crippen LogP contribution in [0.3, 0.4) is 0 Å². The number of halogens is 1. The average Bonchev–Trinajstić information content (AvgIpc) is 2.03. The Balaban J connectivity index is 3.20. The van der Waals surface area contributed by atoms with Gasteiger partial charge in [-0.05, 0) is 12.1 Å². The van der Waals surface area contributed by atoms with Gasteiger partial charge >= 0.3 is 5.97 Å². The molecular weight excluding hydrogens is 180 g/mol. The molecule has 0 aliphatic heterocycles. The first kappa shape index (κ1) is 8.74. The number of carbonyl (C=O) groups is 2. The van der Waals surface area contributed by atoms with E-state index in [1.54, 1.807) is 0 Å². The zero-order valence-corrected chi connectivity index (χ0v) is 6.71. The molecule has 0 fully saturated rings. The fraction of sp³-hybridized carbons (Fsp3) is 0. The summed E-state index contributed by atoms with van der Waals surface area (Å²) in [5.41, 5.74) is 0.368. The van der Waals surface area contributed by atoms with E-state index >= 15 is 0 Å². The maximum atomic E-state index is 10.4. The van der Waals surface area contributed by atoms with E-state index in [4.69, 9.17) is 16.7 Å². The van der Waals surface area contributed by atoms with Crippen molar-refractivity contribution in [2.45, 2.75) is 0 Å². The van der Waals surface area contributed by atoms with E-state index in [0.717, 1.165) is 0 Å². The summed E-state index contributed by atoms with van der Waals surface area (Å²) in [4.78, 5) is 20.7. The lowest BCUT2D eigenvalue weighted by molar-refractivity contribution is 0.0696. The van der Waals surface area contributed by atoms with Gasteiger partial charge in [-0.2, -0.15) is 0 Å². The minimum absolute atomic E-state index is 0.00210.